The molecule has 9 heteroatoms. The lowest BCUT2D eigenvalue weighted by Gasteiger charge is -2.25. The summed E-state index contributed by atoms with van der Waals surface area (Å²) in [6.45, 7) is 0. The van der Waals surface area contributed by atoms with Gasteiger partial charge in [0.2, 0.25) is 0 Å². The highest BCUT2D eigenvalue weighted by Crippen LogP contribution is 2.43. The van der Waals surface area contributed by atoms with Crippen LogP contribution in [0.25, 0.3) is 5.76 Å². The fraction of sp³-hybridized carbons (Fsp3) is 0.0870. The van der Waals surface area contributed by atoms with E-state index in [0.717, 1.165) is 23.1 Å². The summed E-state index contributed by atoms with van der Waals surface area (Å²) in [7, 11) is 1.32. The van der Waals surface area contributed by atoms with Crippen LogP contribution in [0.1, 0.15) is 17.3 Å². The van der Waals surface area contributed by atoms with Gasteiger partial charge in [0.15, 0.2) is 0 Å². The average molecular weight is 457 g/mol. The molecule has 32 heavy (non-hydrogen) atoms. The van der Waals surface area contributed by atoms with Gasteiger partial charge >= 0.3 is 0 Å². The highest BCUT2D eigenvalue weighted by molar-refractivity contribution is 6.51. The maximum absolute atomic E-state index is 13.9. The van der Waals surface area contributed by atoms with Crippen LogP contribution in [0.4, 0.5) is 14.5 Å². The molecule has 1 saturated heterocycles. The first-order valence-electron chi connectivity index (χ1n) is 9.34. The van der Waals surface area contributed by atoms with Gasteiger partial charge in [0, 0.05) is 11.9 Å². The number of methoxy groups -OCH3 is 1. The fourth-order valence-corrected chi connectivity index (χ4v) is 3.74. The molecule has 1 aliphatic heterocycles. The molecular weight excluding hydrogens is 442 g/mol. The van der Waals surface area contributed by atoms with E-state index in [4.69, 9.17) is 16.3 Å². The highest BCUT2D eigenvalue weighted by Gasteiger charge is 2.48. The number of aliphatic hydroxyl groups excluding tert-OH is 1. The van der Waals surface area contributed by atoms with Gasteiger partial charge in [0.05, 0.1) is 29.0 Å². The van der Waals surface area contributed by atoms with E-state index in [-0.39, 0.29) is 33.3 Å². The van der Waals surface area contributed by atoms with Crippen LogP contribution < -0.4 is 9.64 Å². The third kappa shape index (κ3) is 3.58. The number of carbonyl (C=O) groups is 2. The average Bonchev–Trinajstić information content (AvgIpc) is 3.06. The van der Waals surface area contributed by atoms with Gasteiger partial charge < -0.3 is 9.84 Å². The lowest BCUT2D eigenvalue weighted by molar-refractivity contribution is -0.132. The summed E-state index contributed by atoms with van der Waals surface area (Å²) in [6, 6.07) is 10.6. The fourth-order valence-electron chi connectivity index (χ4n) is 3.56. The second-order valence-electron chi connectivity index (χ2n) is 6.87. The second-order valence-corrected chi connectivity index (χ2v) is 7.27. The van der Waals surface area contributed by atoms with Crippen molar-refractivity contribution < 1.29 is 28.2 Å². The van der Waals surface area contributed by atoms with Crippen LogP contribution in [0.3, 0.4) is 0 Å². The lowest BCUT2D eigenvalue weighted by atomic mass is 9.97. The summed E-state index contributed by atoms with van der Waals surface area (Å²) in [6.07, 6.45) is 1.45. The van der Waals surface area contributed by atoms with Crippen molar-refractivity contribution in [1.82, 2.24) is 4.98 Å². The van der Waals surface area contributed by atoms with E-state index in [1.54, 1.807) is 18.2 Å². The minimum atomic E-state index is -1.18. The highest BCUT2D eigenvalue weighted by atomic mass is 35.5. The van der Waals surface area contributed by atoms with Crippen molar-refractivity contribution >= 4 is 34.7 Å². The first-order valence-corrected chi connectivity index (χ1v) is 9.72. The van der Waals surface area contributed by atoms with E-state index in [1.165, 1.54) is 31.5 Å². The molecule has 0 saturated carbocycles. The summed E-state index contributed by atoms with van der Waals surface area (Å²) in [5.74, 6) is -3.93. The molecule has 0 aliphatic carbocycles. The summed E-state index contributed by atoms with van der Waals surface area (Å²) in [4.78, 5) is 31.4. The number of anilines is 1. The first-order chi connectivity index (χ1) is 15.3. The Bertz CT molecular complexity index is 1260. The summed E-state index contributed by atoms with van der Waals surface area (Å²) in [5, 5.41) is 10.8. The van der Waals surface area contributed by atoms with Crippen LogP contribution in [0.5, 0.6) is 5.75 Å². The Morgan fingerprint density at radius 2 is 1.91 bits per heavy atom. The molecule has 2 aromatic carbocycles. The van der Waals surface area contributed by atoms with E-state index >= 15 is 0 Å². The first kappa shape index (κ1) is 21.5. The molecule has 1 N–H and O–H groups in total. The van der Waals surface area contributed by atoms with Crippen molar-refractivity contribution in [1.29, 1.82) is 0 Å². The SMILES string of the molecule is COc1ccc(F)cc1/C(O)=C1\C(=O)C(=O)N(c2ccc(F)c(Cl)c2)C1c1ccccn1. The third-order valence-corrected chi connectivity index (χ3v) is 5.30. The Balaban J connectivity index is 1.98. The monoisotopic (exact) mass is 456 g/mol. The maximum atomic E-state index is 13.9. The number of aromatic nitrogens is 1. The smallest absolute Gasteiger partial charge is 0.300 e. The standard InChI is InChI=1S/C23H15ClF2N2O4/c1-32-18-8-5-12(25)10-14(18)21(29)19-20(17-4-2-3-9-27-17)28(23(31)22(19)30)13-6-7-16(26)15(24)11-13/h2-11,20,29H,1H3/b21-19+. The molecule has 3 aromatic rings. The second kappa shape index (κ2) is 8.39. The van der Waals surface area contributed by atoms with E-state index in [0.29, 0.717) is 0 Å². The molecule has 1 atom stereocenters. The molecule has 1 fully saturated rings. The Kier molecular flexibility index (Phi) is 5.63. The van der Waals surface area contributed by atoms with Gasteiger partial charge in [-0.3, -0.25) is 19.5 Å². The van der Waals surface area contributed by atoms with Gasteiger partial charge in [-0.15, -0.1) is 0 Å². The molecule has 2 heterocycles. The molecule has 4 rings (SSSR count). The molecule has 0 radical (unpaired) electrons. The number of Topliss-reactive ketones (excluding diaryl/α,β-unsaturated/α-hetero) is 1. The Hall–Kier alpha value is -3.78. The lowest BCUT2D eigenvalue weighted by Crippen LogP contribution is -2.29. The molecule has 1 unspecified atom stereocenters. The van der Waals surface area contributed by atoms with E-state index < -0.39 is 35.1 Å². The number of aliphatic hydroxyl groups is 1. The zero-order valence-electron chi connectivity index (χ0n) is 16.6. The quantitative estimate of drug-likeness (QED) is 0.351. The zero-order chi connectivity index (χ0) is 23.0. The van der Waals surface area contributed by atoms with Crippen molar-refractivity contribution in [3.05, 3.63) is 94.3 Å². The summed E-state index contributed by atoms with van der Waals surface area (Å²) >= 11 is 5.89. The number of pyridine rings is 1. The number of halogens is 3. The van der Waals surface area contributed by atoms with Crippen LogP contribution >= 0.6 is 11.6 Å². The number of benzene rings is 2. The number of hydrogen-bond donors (Lipinski definition) is 1. The maximum Gasteiger partial charge on any atom is 0.300 e. The molecule has 6 nitrogen and oxygen atoms in total. The van der Waals surface area contributed by atoms with Crippen LogP contribution in [0.15, 0.2) is 66.4 Å². The number of nitrogens with zero attached hydrogens (tertiary/aromatic N) is 2. The Morgan fingerprint density at radius 3 is 2.56 bits per heavy atom. The molecule has 0 bridgehead atoms. The van der Waals surface area contributed by atoms with Gasteiger partial charge in [0.1, 0.15) is 29.2 Å². The van der Waals surface area contributed by atoms with Crippen LogP contribution in [-0.4, -0.2) is 28.9 Å². The molecular formula is C23H15ClF2N2O4. The summed E-state index contributed by atoms with van der Waals surface area (Å²) in [5.41, 5.74) is -0.0508. The number of carbonyl (C=O) groups excluding carboxylic acids is 2. The number of hydrogen-bond acceptors (Lipinski definition) is 5. The number of ether oxygens (including phenoxy) is 1. The van der Waals surface area contributed by atoms with E-state index in [9.17, 15) is 23.5 Å². The largest absolute Gasteiger partial charge is 0.507 e. The normalized spacial score (nSPS) is 17.6. The van der Waals surface area contributed by atoms with Gasteiger partial charge in [-0.05, 0) is 48.5 Å². The number of amides is 1. The van der Waals surface area contributed by atoms with Crippen LogP contribution in [-0.2, 0) is 9.59 Å². The minimum Gasteiger partial charge on any atom is -0.507 e. The topological polar surface area (TPSA) is 79.7 Å². The number of rotatable bonds is 4. The van der Waals surface area contributed by atoms with Crippen molar-refractivity contribution in [2.75, 3.05) is 12.0 Å². The zero-order valence-corrected chi connectivity index (χ0v) is 17.3. The van der Waals surface area contributed by atoms with E-state index in [1.807, 2.05) is 0 Å². The van der Waals surface area contributed by atoms with Crippen molar-refractivity contribution in [2.24, 2.45) is 0 Å². The van der Waals surface area contributed by atoms with Crippen LogP contribution in [0.2, 0.25) is 5.02 Å². The van der Waals surface area contributed by atoms with Gasteiger partial charge in [0.25, 0.3) is 11.7 Å². The van der Waals surface area contributed by atoms with Gasteiger partial charge in [-0.2, -0.15) is 0 Å². The number of ketones is 1. The van der Waals surface area contributed by atoms with Gasteiger partial charge in [-0.1, -0.05) is 17.7 Å². The third-order valence-electron chi connectivity index (χ3n) is 5.01. The summed E-state index contributed by atoms with van der Waals surface area (Å²) < 4.78 is 32.8. The Labute approximate surface area is 186 Å². The molecule has 1 aromatic heterocycles. The predicted octanol–water partition coefficient (Wildman–Crippen LogP) is 4.65. The van der Waals surface area contributed by atoms with Crippen molar-refractivity contribution in [2.45, 2.75) is 6.04 Å². The van der Waals surface area contributed by atoms with Crippen molar-refractivity contribution in [3.8, 4) is 5.75 Å². The molecule has 0 spiro atoms. The van der Waals surface area contributed by atoms with Crippen LogP contribution in [0, 0.1) is 11.6 Å². The molecule has 1 amide bonds. The van der Waals surface area contributed by atoms with Crippen molar-refractivity contribution in [3.63, 3.8) is 0 Å². The Morgan fingerprint density at radius 1 is 1.12 bits per heavy atom. The predicted molar refractivity (Wildman–Crippen MR) is 113 cm³/mol. The minimum absolute atomic E-state index is 0.0969. The van der Waals surface area contributed by atoms with E-state index in [2.05, 4.69) is 4.98 Å². The molecule has 162 valence electrons. The molecule has 1 aliphatic rings. The van der Waals surface area contributed by atoms with Gasteiger partial charge in [-0.25, -0.2) is 8.78 Å².